The third-order valence-corrected chi connectivity index (χ3v) is 16.2. The lowest BCUT2D eigenvalue weighted by Crippen LogP contribution is -2.43. The highest BCUT2D eigenvalue weighted by atomic mass is 79.9. The number of rotatable bonds is 10. The second-order valence-corrected chi connectivity index (χ2v) is 24.2. The molecule has 0 bridgehead atoms. The van der Waals surface area contributed by atoms with Crippen molar-refractivity contribution in [2.45, 2.75) is 90.5 Å². The lowest BCUT2D eigenvalue weighted by atomic mass is 9.88. The zero-order chi connectivity index (χ0) is 55.9. The molecule has 16 heteroatoms. The van der Waals surface area contributed by atoms with Crippen LogP contribution < -0.4 is 23.7 Å². The summed E-state index contributed by atoms with van der Waals surface area (Å²) in [6.07, 6.45) is 2.26. The Labute approximate surface area is 474 Å². The van der Waals surface area contributed by atoms with Crippen LogP contribution in [0.15, 0.2) is 138 Å². The van der Waals surface area contributed by atoms with E-state index in [9.17, 15) is 9.59 Å². The summed E-state index contributed by atoms with van der Waals surface area (Å²) < 4.78 is 37.7. The maximum absolute atomic E-state index is 13.3. The molecule has 408 valence electrons. The summed E-state index contributed by atoms with van der Waals surface area (Å²) in [5, 5.41) is 20.1. The lowest BCUT2D eigenvalue weighted by molar-refractivity contribution is 0.0130. The number of nitrogens with zero attached hydrogens (tertiary/aromatic N) is 2. The molecule has 2 aliphatic rings. The van der Waals surface area contributed by atoms with Crippen molar-refractivity contribution < 1.29 is 48.1 Å². The fraction of sp³-hybridized carbons (Fsp3) is 0.323. The Morgan fingerprint density at radius 2 is 0.974 bits per heavy atom. The molecule has 0 saturated heterocycles. The van der Waals surface area contributed by atoms with Crippen molar-refractivity contribution in [3.8, 4) is 33.4 Å². The molecule has 78 heavy (non-hydrogen) atoms. The van der Waals surface area contributed by atoms with Gasteiger partial charge < -0.3 is 48.3 Å². The molecule has 12 nitrogen and oxygen atoms in total. The number of amides is 2. The number of fused-ring (bicyclic) bond motifs is 4. The van der Waals surface area contributed by atoms with E-state index in [0.717, 1.165) is 49.7 Å². The third kappa shape index (κ3) is 14.2. The number of hydrogen-bond donors (Lipinski definition) is 2. The molecular weight excluding hydrogens is 1090 g/mol. The minimum atomic E-state index is -1.35. The smallest absolute Gasteiger partial charge is 0.493 e. The lowest BCUT2D eigenvalue weighted by Gasteiger charge is -2.38. The molecule has 0 fully saturated rings. The Kier molecular flexibility index (Phi) is 18.5. The zero-order valence-corrected chi connectivity index (χ0v) is 49.1. The van der Waals surface area contributed by atoms with Gasteiger partial charge in [-0.25, -0.2) is 9.59 Å². The van der Waals surface area contributed by atoms with Gasteiger partial charge in [-0.15, -0.1) is 22.7 Å². The van der Waals surface area contributed by atoms with Crippen LogP contribution in [0, 0.1) is 0 Å². The Hall–Kier alpha value is -6.56. The van der Waals surface area contributed by atoms with Crippen LogP contribution in [-0.2, 0) is 35.2 Å². The van der Waals surface area contributed by atoms with Gasteiger partial charge in [0.2, 0.25) is 0 Å². The number of hydrogen-bond acceptors (Lipinski definition) is 12. The van der Waals surface area contributed by atoms with Crippen LogP contribution in [0.2, 0.25) is 0 Å². The Morgan fingerprint density at radius 1 is 0.564 bits per heavy atom. The molecule has 8 aromatic rings. The van der Waals surface area contributed by atoms with E-state index in [1.165, 1.54) is 43.0 Å². The number of benzene rings is 6. The molecule has 0 aliphatic carbocycles. The monoisotopic (exact) mass is 1150 g/mol. The van der Waals surface area contributed by atoms with E-state index in [0.29, 0.717) is 53.7 Å². The highest BCUT2D eigenvalue weighted by molar-refractivity contribution is 9.10. The Balaban J connectivity index is 0.000000173. The van der Waals surface area contributed by atoms with Gasteiger partial charge in [0.15, 0.2) is 23.0 Å². The molecule has 10 rings (SSSR count). The molecule has 2 aliphatic heterocycles. The third-order valence-electron chi connectivity index (χ3n) is 13.4. The molecule has 2 amide bonds. The van der Waals surface area contributed by atoms with Crippen LogP contribution >= 0.6 is 38.6 Å². The first kappa shape index (κ1) is 57.6. The molecule has 4 heterocycles. The van der Waals surface area contributed by atoms with Gasteiger partial charge in [0.05, 0.1) is 40.5 Å². The van der Waals surface area contributed by atoms with Crippen LogP contribution in [0.25, 0.3) is 30.6 Å². The second-order valence-electron chi connectivity index (χ2n) is 21.1. The van der Waals surface area contributed by atoms with Crippen molar-refractivity contribution in [2.75, 3.05) is 41.5 Å². The first-order valence-electron chi connectivity index (χ1n) is 25.9. The van der Waals surface area contributed by atoms with Gasteiger partial charge in [0.1, 0.15) is 11.2 Å². The van der Waals surface area contributed by atoms with E-state index in [-0.39, 0.29) is 24.3 Å². The maximum Gasteiger partial charge on any atom is 0.499 e. The fourth-order valence-electron chi connectivity index (χ4n) is 9.70. The quantitative estimate of drug-likeness (QED) is 0.127. The molecule has 0 saturated carbocycles. The summed E-state index contributed by atoms with van der Waals surface area (Å²) in [6.45, 7) is 12.6. The van der Waals surface area contributed by atoms with Gasteiger partial charge in [0, 0.05) is 36.6 Å². The van der Waals surface area contributed by atoms with Crippen LogP contribution in [0.1, 0.15) is 87.0 Å². The Morgan fingerprint density at radius 3 is 1.38 bits per heavy atom. The van der Waals surface area contributed by atoms with E-state index in [1.54, 1.807) is 45.8 Å². The SMILES string of the molecule is COc1cc2c(cc1OC)C(Cc1ccc(-c3cc4ccccc4s3)cc1)N(C(=O)OC(C)(C)C)CC2.COc1cc2c(cc1OC)C(Cc1ccc(Br)cc1)N(C(=O)OC(C)(C)C)CC2.OB(O)c1cc2ccccc2s1. The van der Waals surface area contributed by atoms with Crippen LogP contribution in [0.4, 0.5) is 9.59 Å². The number of carbonyl (C=O) groups excluding carboxylic acids is 2. The topological polar surface area (TPSA) is 136 Å². The zero-order valence-electron chi connectivity index (χ0n) is 45.9. The maximum atomic E-state index is 13.3. The van der Waals surface area contributed by atoms with E-state index in [2.05, 4.69) is 82.7 Å². The average Bonchev–Trinajstić information content (AvgIpc) is 4.09. The van der Waals surface area contributed by atoms with Crippen molar-refractivity contribution in [1.29, 1.82) is 0 Å². The number of methoxy groups -OCH3 is 4. The summed E-state index contributed by atoms with van der Waals surface area (Å²) in [7, 11) is 5.21. The van der Waals surface area contributed by atoms with Gasteiger partial charge in [-0.2, -0.15) is 0 Å². The molecule has 2 unspecified atom stereocenters. The number of thiophene rings is 2. The summed E-state index contributed by atoms with van der Waals surface area (Å²) >= 11 is 6.69. The highest BCUT2D eigenvalue weighted by Gasteiger charge is 2.37. The van der Waals surface area contributed by atoms with Gasteiger partial charge >= 0.3 is 19.3 Å². The summed E-state index contributed by atoms with van der Waals surface area (Å²) in [6, 6.07) is 44.9. The molecule has 0 spiro atoms. The predicted octanol–water partition coefficient (Wildman–Crippen LogP) is 13.8. The van der Waals surface area contributed by atoms with Crippen LogP contribution in [-0.4, -0.2) is 91.9 Å². The van der Waals surface area contributed by atoms with Crippen LogP contribution in [0.3, 0.4) is 0 Å². The number of carbonyl (C=O) groups is 2. The predicted molar refractivity (Wildman–Crippen MR) is 318 cm³/mol. The van der Waals surface area contributed by atoms with Gasteiger partial charge in [0.25, 0.3) is 0 Å². The van der Waals surface area contributed by atoms with Crippen molar-refractivity contribution in [1.82, 2.24) is 9.80 Å². The molecule has 2 aromatic heterocycles. The van der Waals surface area contributed by atoms with Crippen molar-refractivity contribution >= 4 is 82.9 Å². The van der Waals surface area contributed by atoms with Crippen LogP contribution in [0.5, 0.6) is 23.0 Å². The second kappa shape index (κ2) is 25.1. The van der Waals surface area contributed by atoms with Crippen molar-refractivity contribution in [2.24, 2.45) is 0 Å². The molecule has 2 N–H and O–H groups in total. The average molecular weight is 1160 g/mol. The van der Waals surface area contributed by atoms with Gasteiger partial charge in [-0.1, -0.05) is 88.7 Å². The summed E-state index contributed by atoms with van der Waals surface area (Å²) in [5.41, 5.74) is 6.88. The van der Waals surface area contributed by atoms with Gasteiger partial charge in [-0.05, 0) is 178 Å². The normalized spacial score (nSPS) is 14.9. The molecular formula is C62H68BBrN2O10S2. The van der Waals surface area contributed by atoms with E-state index < -0.39 is 18.3 Å². The van der Waals surface area contributed by atoms with Crippen molar-refractivity contribution in [3.63, 3.8) is 0 Å². The first-order valence-corrected chi connectivity index (χ1v) is 28.3. The van der Waals surface area contributed by atoms with E-state index in [4.69, 9.17) is 38.5 Å². The highest BCUT2D eigenvalue weighted by Crippen LogP contribution is 2.43. The molecule has 0 radical (unpaired) electrons. The first-order chi connectivity index (χ1) is 37.2. The van der Waals surface area contributed by atoms with Crippen molar-refractivity contribution in [3.05, 3.63) is 171 Å². The summed E-state index contributed by atoms with van der Waals surface area (Å²) in [5.74, 6) is 2.74. The van der Waals surface area contributed by atoms with E-state index in [1.807, 2.05) is 112 Å². The fourth-order valence-corrected chi connectivity index (χ4v) is 12.0. The molecule has 2 atom stereocenters. The van der Waals surface area contributed by atoms with Gasteiger partial charge in [-0.3, -0.25) is 0 Å². The summed E-state index contributed by atoms with van der Waals surface area (Å²) in [4.78, 5) is 31.2. The number of ether oxygens (including phenoxy) is 6. The number of halogens is 1. The minimum Gasteiger partial charge on any atom is -0.493 e. The largest absolute Gasteiger partial charge is 0.499 e. The molecule has 6 aromatic carbocycles. The standard InChI is InChI=1S/C31H33NO4S.C23H28BrNO4.C8H7BO2S/c1-31(2,3)36-30(33)32-15-14-22-17-26(34-4)27(35-5)19-24(22)25(32)16-20-10-12-21(13-11-20)29-18-23-8-6-7-9-28(23)37-29;1-23(2,3)29-22(26)25-11-10-16-13-20(27-4)21(28-5)14-18(16)19(25)12-15-6-8-17(24)9-7-15;10-9(11)8-5-6-3-1-2-4-7(6)12-8/h6-13,17-19,25H,14-16H2,1-5H3;6-9,13-14,19H,10-12H2,1-5H3;1-5,10-11H. The minimum absolute atomic E-state index is 0.144. The van der Waals surface area contributed by atoms with E-state index >= 15 is 0 Å². The Bertz CT molecular complexity index is 3280.